The fourth-order valence-electron chi connectivity index (χ4n) is 1.88. The molecule has 0 aromatic heterocycles. The van der Waals surface area contributed by atoms with Crippen molar-refractivity contribution in [1.29, 1.82) is 0 Å². The molecule has 1 atom stereocenters. The SMILES string of the molecule is CCN(C(=O)c1c(F)cc(Br)cc1F)C(C)COC. The number of nitrogens with zero attached hydrogens (tertiary/aromatic N) is 1. The molecule has 0 saturated carbocycles. The van der Waals surface area contributed by atoms with Gasteiger partial charge >= 0.3 is 0 Å². The summed E-state index contributed by atoms with van der Waals surface area (Å²) < 4.78 is 32.7. The number of halogens is 3. The van der Waals surface area contributed by atoms with Gasteiger partial charge in [-0.3, -0.25) is 4.79 Å². The third-order valence-corrected chi connectivity index (χ3v) is 3.22. The maximum Gasteiger partial charge on any atom is 0.260 e. The van der Waals surface area contributed by atoms with E-state index in [1.807, 2.05) is 0 Å². The van der Waals surface area contributed by atoms with Gasteiger partial charge in [0.05, 0.1) is 12.6 Å². The molecule has 0 heterocycles. The molecule has 6 heteroatoms. The van der Waals surface area contributed by atoms with Gasteiger partial charge in [-0.1, -0.05) is 15.9 Å². The van der Waals surface area contributed by atoms with Crippen LogP contribution in [0.3, 0.4) is 0 Å². The first kappa shape index (κ1) is 16.0. The number of carbonyl (C=O) groups excluding carboxylic acids is 1. The zero-order chi connectivity index (χ0) is 14.6. The van der Waals surface area contributed by atoms with E-state index in [0.717, 1.165) is 12.1 Å². The Labute approximate surface area is 119 Å². The summed E-state index contributed by atoms with van der Waals surface area (Å²) in [6.07, 6.45) is 0. The second-order valence-electron chi connectivity index (χ2n) is 4.14. The van der Waals surface area contributed by atoms with Crippen molar-refractivity contribution in [3.8, 4) is 0 Å². The van der Waals surface area contributed by atoms with Crippen molar-refractivity contribution in [3.63, 3.8) is 0 Å². The summed E-state index contributed by atoms with van der Waals surface area (Å²) in [6.45, 7) is 4.16. The zero-order valence-electron chi connectivity index (χ0n) is 11.0. The predicted molar refractivity (Wildman–Crippen MR) is 72.1 cm³/mol. The maximum atomic E-state index is 13.8. The third kappa shape index (κ3) is 3.73. The van der Waals surface area contributed by atoms with Crippen molar-refractivity contribution >= 4 is 21.8 Å². The molecule has 0 aliphatic heterocycles. The highest BCUT2D eigenvalue weighted by atomic mass is 79.9. The second kappa shape index (κ2) is 6.96. The molecule has 1 unspecified atom stereocenters. The summed E-state index contributed by atoms with van der Waals surface area (Å²) in [6, 6.07) is 1.89. The van der Waals surface area contributed by atoms with Crippen LogP contribution in [0.25, 0.3) is 0 Å². The Morgan fingerprint density at radius 2 is 1.95 bits per heavy atom. The second-order valence-corrected chi connectivity index (χ2v) is 5.06. The number of hydrogen-bond donors (Lipinski definition) is 0. The van der Waals surface area contributed by atoms with E-state index < -0.39 is 23.1 Å². The fourth-order valence-corrected chi connectivity index (χ4v) is 2.28. The Balaban J connectivity index is 3.11. The van der Waals surface area contributed by atoms with E-state index >= 15 is 0 Å². The topological polar surface area (TPSA) is 29.5 Å². The normalized spacial score (nSPS) is 12.3. The van der Waals surface area contributed by atoms with Gasteiger partial charge in [-0.15, -0.1) is 0 Å². The lowest BCUT2D eigenvalue weighted by molar-refractivity contribution is 0.0570. The molecule has 1 amide bonds. The van der Waals surface area contributed by atoms with Crippen LogP contribution in [0.15, 0.2) is 16.6 Å². The van der Waals surface area contributed by atoms with Crippen LogP contribution in [0.2, 0.25) is 0 Å². The molecule has 1 rings (SSSR count). The van der Waals surface area contributed by atoms with Gasteiger partial charge < -0.3 is 9.64 Å². The summed E-state index contributed by atoms with van der Waals surface area (Å²) in [4.78, 5) is 13.6. The highest BCUT2D eigenvalue weighted by molar-refractivity contribution is 9.10. The number of rotatable bonds is 5. The number of ether oxygens (including phenoxy) is 1. The van der Waals surface area contributed by atoms with Gasteiger partial charge in [0.2, 0.25) is 0 Å². The van der Waals surface area contributed by atoms with Crippen molar-refractivity contribution < 1.29 is 18.3 Å². The molecule has 0 radical (unpaired) electrons. The number of hydrogen-bond acceptors (Lipinski definition) is 2. The van der Waals surface area contributed by atoms with Crippen molar-refractivity contribution in [3.05, 3.63) is 33.8 Å². The van der Waals surface area contributed by atoms with Gasteiger partial charge in [0, 0.05) is 18.1 Å². The summed E-state index contributed by atoms with van der Waals surface area (Å²) in [5.74, 6) is -2.42. The van der Waals surface area contributed by atoms with Crippen LogP contribution >= 0.6 is 15.9 Å². The third-order valence-electron chi connectivity index (χ3n) is 2.76. The minimum atomic E-state index is -0.875. The first-order chi connectivity index (χ1) is 8.92. The van der Waals surface area contributed by atoms with Crippen LogP contribution in [-0.2, 0) is 4.74 Å². The molecule has 1 aromatic carbocycles. The van der Waals surface area contributed by atoms with Crippen LogP contribution in [0.1, 0.15) is 24.2 Å². The summed E-state index contributed by atoms with van der Waals surface area (Å²) in [5.41, 5.74) is -0.534. The highest BCUT2D eigenvalue weighted by Crippen LogP contribution is 2.21. The molecule has 0 aliphatic carbocycles. The molecular weight excluding hydrogens is 320 g/mol. The largest absolute Gasteiger partial charge is 0.383 e. The molecule has 0 fully saturated rings. The van der Waals surface area contributed by atoms with Crippen LogP contribution in [0.5, 0.6) is 0 Å². The van der Waals surface area contributed by atoms with Crippen LogP contribution in [0, 0.1) is 11.6 Å². The number of carbonyl (C=O) groups is 1. The van der Waals surface area contributed by atoms with E-state index in [1.54, 1.807) is 13.8 Å². The first-order valence-electron chi connectivity index (χ1n) is 5.86. The van der Waals surface area contributed by atoms with E-state index in [-0.39, 0.29) is 10.5 Å². The monoisotopic (exact) mass is 335 g/mol. The van der Waals surface area contributed by atoms with Gasteiger partial charge in [0.15, 0.2) is 0 Å². The molecule has 106 valence electrons. The lowest BCUT2D eigenvalue weighted by Crippen LogP contribution is -2.41. The maximum absolute atomic E-state index is 13.8. The van der Waals surface area contributed by atoms with Gasteiger partial charge in [0.25, 0.3) is 5.91 Å². The molecule has 0 N–H and O–H groups in total. The minimum absolute atomic E-state index is 0.257. The van der Waals surface area contributed by atoms with E-state index in [2.05, 4.69) is 15.9 Å². The Morgan fingerprint density at radius 3 is 2.37 bits per heavy atom. The Kier molecular flexibility index (Phi) is 5.87. The van der Waals surface area contributed by atoms with Gasteiger partial charge in [0.1, 0.15) is 17.2 Å². The average molecular weight is 336 g/mol. The van der Waals surface area contributed by atoms with E-state index in [4.69, 9.17) is 4.74 Å². The number of likely N-dealkylation sites (N-methyl/N-ethyl adjacent to an activating group) is 1. The van der Waals surface area contributed by atoms with Crippen molar-refractivity contribution in [2.75, 3.05) is 20.3 Å². The molecule has 0 bridgehead atoms. The Bertz CT molecular complexity index is 445. The van der Waals surface area contributed by atoms with E-state index in [9.17, 15) is 13.6 Å². The fraction of sp³-hybridized carbons (Fsp3) is 0.462. The van der Waals surface area contributed by atoms with Gasteiger partial charge in [-0.25, -0.2) is 8.78 Å². The highest BCUT2D eigenvalue weighted by Gasteiger charge is 2.26. The molecule has 19 heavy (non-hydrogen) atoms. The summed E-state index contributed by atoms with van der Waals surface area (Å²) in [5, 5.41) is 0. The van der Waals surface area contributed by atoms with Crippen molar-refractivity contribution in [2.45, 2.75) is 19.9 Å². The number of methoxy groups -OCH3 is 1. The smallest absolute Gasteiger partial charge is 0.260 e. The Hall–Kier alpha value is -1.01. The summed E-state index contributed by atoms with van der Waals surface area (Å²) in [7, 11) is 1.51. The van der Waals surface area contributed by atoms with E-state index in [1.165, 1.54) is 12.0 Å². The Morgan fingerprint density at radius 1 is 1.42 bits per heavy atom. The molecule has 1 aromatic rings. The lowest BCUT2D eigenvalue weighted by Gasteiger charge is -2.27. The van der Waals surface area contributed by atoms with E-state index in [0.29, 0.717) is 13.2 Å². The average Bonchev–Trinajstić information content (AvgIpc) is 2.28. The first-order valence-corrected chi connectivity index (χ1v) is 6.66. The molecular formula is C13H16BrF2NO2. The quantitative estimate of drug-likeness (QED) is 0.826. The van der Waals surface area contributed by atoms with Crippen molar-refractivity contribution in [2.24, 2.45) is 0 Å². The van der Waals surface area contributed by atoms with Crippen LogP contribution in [-0.4, -0.2) is 37.1 Å². The summed E-state index contributed by atoms with van der Waals surface area (Å²) >= 11 is 2.98. The van der Waals surface area contributed by atoms with Gasteiger partial charge in [-0.05, 0) is 26.0 Å². The minimum Gasteiger partial charge on any atom is -0.383 e. The number of amides is 1. The van der Waals surface area contributed by atoms with Crippen LogP contribution < -0.4 is 0 Å². The van der Waals surface area contributed by atoms with Crippen LogP contribution in [0.4, 0.5) is 8.78 Å². The lowest BCUT2D eigenvalue weighted by atomic mass is 10.1. The van der Waals surface area contributed by atoms with Gasteiger partial charge in [-0.2, -0.15) is 0 Å². The zero-order valence-corrected chi connectivity index (χ0v) is 12.6. The standard InChI is InChI=1S/C13H16BrF2NO2/c1-4-17(8(2)7-19-3)13(18)12-10(15)5-9(14)6-11(12)16/h5-6,8H,4,7H2,1-3H3. The molecule has 3 nitrogen and oxygen atoms in total. The predicted octanol–water partition coefficient (Wildman–Crippen LogP) is 3.22. The molecule has 0 spiro atoms. The van der Waals surface area contributed by atoms with Crippen molar-refractivity contribution in [1.82, 2.24) is 4.90 Å². The number of benzene rings is 1. The molecule has 0 saturated heterocycles. The molecule has 0 aliphatic rings.